The summed E-state index contributed by atoms with van der Waals surface area (Å²) >= 11 is 0. The second-order valence-corrected chi connectivity index (χ2v) is 5.86. The highest BCUT2D eigenvalue weighted by Crippen LogP contribution is 2.22. The molecule has 0 unspecified atom stereocenters. The third-order valence-corrected chi connectivity index (χ3v) is 4.17. The summed E-state index contributed by atoms with van der Waals surface area (Å²) in [6, 6.07) is 4.22. The van der Waals surface area contributed by atoms with Gasteiger partial charge in [0.15, 0.2) is 0 Å². The maximum atomic E-state index is 6.05. The van der Waals surface area contributed by atoms with Crippen molar-refractivity contribution in [2.24, 2.45) is 0 Å². The first-order valence-electron chi connectivity index (χ1n) is 7.23. The molecule has 1 aromatic rings. The molecule has 1 fully saturated rings. The summed E-state index contributed by atoms with van der Waals surface area (Å²) in [4.78, 5) is 9.39. The summed E-state index contributed by atoms with van der Waals surface area (Å²) in [6.07, 6.45) is 3.60. The van der Waals surface area contributed by atoms with Gasteiger partial charge in [0.2, 0.25) is 5.88 Å². The van der Waals surface area contributed by atoms with Crippen LogP contribution in [0.1, 0.15) is 24.1 Å². The zero-order chi connectivity index (χ0) is 13.2. The fourth-order valence-electron chi connectivity index (χ4n) is 2.88. The van der Waals surface area contributed by atoms with Crippen LogP contribution in [0.5, 0.6) is 5.88 Å². The van der Waals surface area contributed by atoms with E-state index in [2.05, 4.69) is 30.0 Å². The van der Waals surface area contributed by atoms with Crippen LogP contribution >= 0.6 is 0 Å². The van der Waals surface area contributed by atoms with Gasteiger partial charge in [-0.1, -0.05) is 6.07 Å². The smallest absolute Gasteiger partial charge is 0.213 e. The van der Waals surface area contributed by atoms with E-state index in [1.165, 1.54) is 11.3 Å². The van der Waals surface area contributed by atoms with Crippen molar-refractivity contribution >= 4 is 0 Å². The lowest BCUT2D eigenvalue weighted by atomic mass is 10.1. The number of ether oxygens (including phenoxy) is 1. The van der Waals surface area contributed by atoms with E-state index in [-0.39, 0.29) is 0 Å². The van der Waals surface area contributed by atoms with Gasteiger partial charge in [-0.05, 0) is 32.5 Å². The van der Waals surface area contributed by atoms with Crippen LogP contribution in [-0.2, 0) is 13.0 Å². The zero-order valence-corrected chi connectivity index (χ0v) is 11.9. The molecule has 3 rings (SSSR count). The number of nitrogens with zero attached hydrogens (tertiary/aromatic N) is 3. The second kappa shape index (κ2) is 5.47. The molecule has 0 spiro atoms. The van der Waals surface area contributed by atoms with Crippen molar-refractivity contribution in [1.82, 2.24) is 14.8 Å². The highest BCUT2D eigenvalue weighted by Gasteiger charge is 2.20. The third-order valence-electron chi connectivity index (χ3n) is 4.17. The maximum Gasteiger partial charge on any atom is 0.213 e. The van der Waals surface area contributed by atoms with Crippen LogP contribution in [0.25, 0.3) is 0 Å². The largest absolute Gasteiger partial charge is 0.474 e. The van der Waals surface area contributed by atoms with Gasteiger partial charge in [0.05, 0.1) is 5.69 Å². The zero-order valence-electron chi connectivity index (χ0n) is 11.9. The van der Waals surface area contributed by atoms with Gasteiger partial charge in [-0.3, -0.25) is 0 Å². The van der Waals surface area contributed by atoms with E-state index in [1.807, 2.05) is 6.07 Å². The van der Waals surface area contributed by atoms with E-state index in [9.17, 15) is 0 Å². The molecule has 1 aromatic heterocycles. The Morgan fingerprint density at radius 3 is 2.68 bits per heavy atom. The monoisotopic (exact) mass is 261 g/mol. The van der Waals surface area contributed by atoms with E-state index in [0.29, 0.717) is 6.10 Å². The Labute approximate surface area is 115 Å². The Kier molecular flexibility index (Phi) is 3.71. The molecule has 0 atom stereocenters. The second-order valence-electron chi connectivity index (χ2n) is 5.86. The van der Waals surface area contributed by atoms with Crippen molar-refractivity contribution in [1.29, 1.82) is 0 Å². The number of likely N-dealkylation sites (N-methyl/N-ethyl adjacent to an activating group) is 1. The Morgan fingerprint density at radius 2 is 1.89 bits per heavy atom. The SMILES string of the molecule is CN1CCC(Oc2ccc3c(n2)CCN(C)C3)CC1. The van der Waals surface area contributed by atoms with E-state index < -0.39 is 0 Å². The number of piperidine rings is 1. The molecule has 4 nitrogen and oxygen atoms in total. The van der Waals surface area contributed by atoms with Crippen LogP contribution in [0.15, 0.2) is 12.1 Å². The maximum absolute atomic E-state index is 6.05. The van der Waals surface area contributed by atoms with Crippen LogP contribution in [0.4, 0.5) is 0 Å². The number of hydrogen-bond acceptors (Lipinski definition) is 4. The van der Waals surface area contributed by atoms with Gasteiger partial charge in [-0.2, -0.15) is 0 Å². The molecule has 1 saturated heterocycles. The molecule has 0 N–H and O–H groups in total. The van der Waals surface area contributed by atoms with E-state index in [1.54, 1.807) is 0 Å². The fourth-order valence-corrected chi connectivity index (χ4v) is 2.88. The van der Waals surface area contributed by atoms with Crippen LogP contribution in [-0.4, -0.2) is 54.6 Å². The van der Waals surface area contributed by atoms with Gasteiger partial charge in [0, 0.05) is 38.7 Å². The molecule has 19 heavy (non-hydrogen) atoms. The predicted octanol–water partition coefficient (Wildman–Crippen LogP) is 1.54. The average Bonchev–Trinajstić information content (AvgIpc) is 2.42. The van der Waals surface area contributed by atoms with Crippen LogP contribution in [0.2, 0.25) is 0 Å². The molecule has 104 valence electrons. The number of hydrogen-bond donors (Lipinski definition) is 0. The van der Waals surface area contributed by atoms with Gasteiger partial charge >= 0.3 is 0 Å². The lowest BCUT2D eigenvalue weighted by Gasteiger charge is -2.29. The predicted molar refractivity (Wildman–Crippen MR) is 75.4 cm³/mol. The Hall–Kier alpha value is -1.13. The molecular weight excluding hydrogens is 238 g/mol. The van der Waals surface area contributed by atoms with Crippen molar-refractivity contribution in [3.8, 4) is 5.88 Å². The first-order chi connectivity index (χ1) is 9.20. The van der Waals surface area contributed by atoms with Crippen LogP contribution in [0.3, 0.4) is 0 Å². The van der Waals surface area contributed by atoms with Crippen molar-refractivity contribution in [2.75, 3.05) is 33.7 Å². The van der Waals surface area contributed by atoms with Crippen molar-refractivity contribution in [2.45, 2.75) is 31.9 Å². The van der Waals surface area contributed by atoms with Crippen molar-refractivity contribution in [3.63, 3.8) is 0 Å². The summed E-state index contributed by atoms with van der Waals surface area (Å²) in [7, 11) is 4.33. The van der Waals surface area contributed by atoms with Gasteiger partial charge in [0.1, 0.15) is 6.10 Å². The Balaban J connectivity index is 1.66. The minimum Gasteiger partial charge on any atom is -0.474 e. The molecule has 0 aromatic carbocycles. The molecule has 0 bridgehead atoms. The van der Waals surface area contributed by atoms with Crippen molar-refractivity contribution in [3.05, 3.63) is 23.4 Å². The van der Waals surface area contributed by atoms with Crippen LogP contribution in [0, 0.1) is 0 Å². The fraction of sp³-hybridized carbons (Fsp3) is 0.667. The van der Waals surface area contributed by atoms with Crippen LogP contribution < -0.4 is 4.74 Å². The minimum atomic E-state index is 0.341. The topological polar surface area (TPSA) is 28.6 Å². The van der Waals surface area contributed by atoms with Gasteiger partial charge in [-0.15, -0.1) is 0 Å². The Bertz CT molecular complexity index is 441. The molecule has 3 heterocycles. The minimum absolute atomic E-state index is 0.341. The summed E-state index contributed by atoms with van der Waals surface area (Å²) in [5, 5.41) is 0. The standard InChI is InChI=1S/C15H23N3O/c1-17-8-5-13(6-9-17)19-15-4-3-12-11-18(2)10-7-14(12)16-15/h3-4,13H,5-11H2,1-2H3. The number of rotatable bonds is 2. The lowest BCUT2D eigenvalue weighted by Crippen LogP contribution is -2.36. The number of aromatic nitrogens is 1. The summed E-state index contributed by atoms with van der Waals surface area (Å²) < 4.78 is 6.05. The Morgan fingerprint density at radius 1 is 1.11 bits per heavy atom. The molecule has 2 aliphatic heterocycles. The number of pyridine rings is 1. The van der Waals surface area contributed by atoms with Gasteiger partial charge in [-0.25, -0.2) is 4.98 Å². The lowest BCUT2D eigenvalue weighted by molar-refractivity contribution is 0.109. The first kappa shape index (κ1) is 12.9. The molecule has 0 aliphatic carbocycles. The van der Waals surface area contributed by atoms with Gasteiger partial charge in [0.25, 0.3) is 0 Å². The highest BCUT2D eigenvalue weighted by molar-refractivity contribution is 5.27. The van der Waals surface area contributed by atoms with E-state index in [0.717, 1.165) is 51.3 Å². The summed E-state index contributed by atoms with van der Waals surface area (Å²) in [6.45, 7) is 4.36. The molecule has 0 saturated carbocycles. The van der Waals surface area contributed by atoms with Gasteiger partial charge < -0.3 is 14.5 Å². The normalized spacial score (nSPS) is 22.2. The number of fused-ring (bicyclic) bond motifs is 1. The molecule has 2 aliphatic rings. The van der Waals surface area contributed by atoms with E-state index >= 15 is 0 Å². The quantitative estimate of drug-likeness (QED) is 0.807. The summed E-state index contributed by atoms with van der Waals surface area (Å²) in [5.41, 5.74) is 2.58. The van der Waals surface area contributed by atoms with E-state index in [4.69, 9.17) is 9.72 Å². The molecule has 4 heteroatoms. The highest BCUT2D eigenvalue weighted by atomic mass is 16.5. The third kappa shape index (κ3) is 3.07. The molecule has 0 radical (unpaired) electrons. The average molecular weight is 261 g/mol. The molecular formula is C15H23N3O. The summed E-state index contributed by atoms with van der Waals surface area (Å²) in [5.74, 6) is 0.817. The molecule has 0 amide bonds. The first-order valence-corrected chi connectivity index (χ1v) is 7.23. The van der Waals surface area contributed by atoms with Crippen molar-refractivity contribution < 1.29 is 4.74 Å². The number of likely N-dealkylation sites (tertiary alicyclic amines) is 1.